The molecule has 14 nitrogen and oxygen atoms in total. The van der Waals surface area contributed by atoms with E-state index in [1.165, 1.54) is 6.92 Å². The van der Waals surface area contributed by atoms with E-state index >= 15 is 0 Å². The van der Waals surface area contributed by atoms with Gasteiger partial charge in [0.2, 0.25) is 0 Å². The summed E-state index contributed by atoms with van der Waals surface area (Å²) < 4.78 is 43.8. The van der Waals surface area contributed by atoms with Crippen LogP contribution in [0.5, 0.6) is 0 Å². The van der Waals surface area contributed by atoms with Crippen LogP contribution in [-0.2, 0) is 38.0 Å². The molecule has 51 heavy (non-hydrogen) atoms. The fourth-order valence-electron chi connectivity index (χ4n) is 8.62. The van der Waals surface area contributed by atoms with E-state index in [1.807, 2.05) is 53.6 Å². The van der Waals surface area contributed by atoms with Gasteiger partial charge in [0.25, 0.3) is 0 Å². The van der Waals surface area contributed by atoms with Crippen molar-refractivity contribution in [2.75, 3.05) is 34.4 Å². The largest absolute Gasteiger partial charge is 0.459 e. The van der Waals surface area contributed by atoms with Gasteiger partial charge in [-0.3, -0.25) is 4.79 Å². The maximum atomic E-state index is 14.1. The molecule has 0 aromatic heterocycles. The smallest absolute Gasteiger partial charge is 0.311 e. The second-order valence-electron chi connectivity index (χ2n) is 17.0. The molecule has 0 amide bonds. The molecule has 18 atom stereocenters. The molecule has 14 heteroatoms. The van der Waals surface area contributed by atoms with Crippen LogP contribution in [0, 0.1) is 17.8 Å². The molecule has 4 heterocycles. The number of cyclic esters (lactones) is 1. The van der Waals surface area contributed by atoms with Crippen LogP contribution < -0.4 is 5.32 Å². The lowest BCUT2D eigenvalue weighted by Gasteiger charge is -2.49. The molecule has 4 rings (SSSR count). The van der Waals surface area contributed by atoms with Gasteiger partial charge in [-0.25, -0.2) is 0 Å². The normalized spacial score (nSPS) is 52.2. The zero-order chi connectivity index (χ0) is 38.4. The SMILES string of the molecule is CO[C@]1(C)C[C@H](O[C@H]2[C@H](C)[C@@H](O[C@@H]3O[C@H](C)C[C@H](N(C)C)[C@H]3O)[C@](C)(O)C[C@@H](C)CN[C@H](C)[C@@H](O)[C@](C)(O)[C@@H](C)OC(=O)[C@@H]2C)O[C@@H](C)[C@@]12CO2. The highest BCUT2D eigenvalue weighted by Gasteiger charge is 2.67. The molecular weight excluding hydrogens is 664 g/mol. The minimum Gasteiger partial charge on any atom is -0.459 e. The van der Waals surface area contributed by atoms with Crippen molar-refractivity contribution in [3.63, 3.8) is 0 Å². The van der Waals surface area contributed by atoms with Gasteiger partial charge in [-0.1, -0.05) is 13.8 Å². The fourth-order valence-corrected chi connectivity index (χ4v) is 8.62. The quantitative estimate of drug-likeness (QED) is 0.196. The summed E-state index contributed by atoms with van der Waals surface area (Å²) in [5.74, 6) is -2.49. The Kier molecular flexibility index (Phi) is 13.4. The summed E-state index contributed by atoms with van der Waals surface area (Å²) in [4.78, 5) is 16.0. The highest BCUT2D eigenvalue weighted by molar-refractivity contribution is 5.73. The maximum absolute atomic E-state index is 14.1. The lowest BCUT2D eigenvalue weighted by molar-refractivity contribution is -0.315. The van der Waals surface area contributed by atoms with Crippen molar-refractivity contribution < 1.29 is 58.4 Å². The van der Waals surface area contributed by atoms with Gasteiger partial charge in [-0.05, 0) is 94.8 Å². The Bertz CT molecular complexity index is 1170. The molecule has 0 saturated carbocycles. The van der Waals surface area contributed by atoms with Crippen LogP contribution in [0.3, 0.4) is 0 Å². The number of methoxy groups -OCH3 is 1. The summed E-state index contributed by atoms with van der Waals surface area (Å²) >= 11 is 0. The molecule has 4 fully saturated rings. The first-order valence-electron chi connectivity index (χ1n) is 18.7. The summed E-state index contributed by atoms with van der Waals surface area (Å²) in [6.07, 6.45) is -6.81. The average molecular weight is 733 g/mol. The van der Waals surface area contributed by atoms with Crippen LogP contribution in [0.4, 0.5) is 0 Å². The number of aliphatic hydroxyl groups is 4. The number of nitrogens with one attached hydrogen (secondary N) is 1. The number of epoxide rings is 1. The minimum atomic E-state index is -1.79. The Labute approximate surface area is 304 Å². The van der Waals surface area contributed by atoms with E-state index in [0.717, 1.165) is 0 Å². The number of carbonyl (C=O) groups is 1. The first-order chi connectivity index (χ1) is 23.5. The predicted octanol–water partition coefficient (Wildman–Crippen LogP) is 1.58. The van der Waals surface area contributed by atoms with E-state index in [1.54, 1.807) is 34.8 Å². The third-order valence-corrected chi connectivity index (χ3v) is 12.4. The summed E-state index contributed by atoms with van der Waals surface area (Å²) in [7, 11) is 5.41. The predicted molar refractivity (Wildman–Crippen MR) is 188 cm³/mol. The summed E-state index contributed by atoms with van der Waals surface area (Å²) in [6, 6.07) is -0.832. The Morgan fingerprint density at radius 3 is 2.12 bits per heavy atom. The van der Waals surface area contributed by atoms with Crippen LogP contribution in [0.25, 0.3) is 0 Å². The average Bonchev–Trinajstić information content (AvgIpc) is 3.86. The number of rotatable bonds is 6. The Balaban J connectivity index is 1.77. The van der Waals surface area contributed by atoms with E-state index in [2.05, 4.69) is 5.32 Å². The number of likely N-dealkylation sites (N-methyl/N-ethyl adjacent to an activating group) is 1. The molecule has 298 valence electrons. The van der Waals surface area contributed by atoms with E-state index in [4.69, 9.17) is 33.2 Å². The van der Waals surface area contributed by atoms with E-state index in [9.17, 15) is 25.2 Å². The molecule has 0 aliphatic carbocycles. The molecule has 1 spiro atoms. The Morgan fingerprint density at radius 1 is 0.922 bits per heavy atom. The van der Waals surface area contributed by atoms with E-state index < -0.39 is 95.5 Å². The van der Waals surface area contributed by atoms with Gasteiger partial charge >= 0.3 is 5.97 Å². The molecule has 0 bridgehead atoms. The molecule has 0 unspecified atom stereocenters. The lowest BCUT2D eigenvalue weighted by atomic mass is 9.77. The second-order valence-corrected chi connectivity index (χ2v) is 17.0. The number of hydrogen-bond donors (Lipinski definition) is 5. The van der Waals surface area contributed by atoms with Gasteiger partial charge in [0, 0.05) is 31.5 Å². The Morgan fingerprint density at radius 2 is 1.55 bits per heavy atom. The first-order valence-corrected chi connectivity index (χ1v) is 18.7. The van der Waals surface area contributed by atoms with E-state index in [-0.39, 0.29) is 24.5 Å². The molecule has 4 aliphatic rings. The van der Waals surface area contributed by atoms with Gasteiger partial charge in [0.05, 0.1) is 42.5 Å². The zero-order valence-corrected chi connectivity index (χ0v) is 33.1. The first kappa shape index (κ1) is 42.7. The highest BCUT2D eigenvalue weighted by atomic mass is 16.7. The number of carbonyl (C=O) groups excluding carboxylic acids is 1. The van der Waals surface area contributed by atoms with Crippen molar-refractivity contribution in [1.82, 2.24) is 10.2 Å². The number of nitrogens with zero attached hydrogens (tertiary/aromatic N) is 1. The fraction of sp³-hybridized carbons (Fsp3) is 0.973. The zero-order valence-electron chi connectivity index (χ0n) is 33.1. The van der Waals surface area contributed by atoms with E-state index in [0.29, 0.717) is 26.0 Å². The summed E-state index contributed by atoms with van der Waals surface area (Å²) in [6.45, 7) is 18.6. The van der Waals surface area contributed by atoms with Gasteiger partial charge in [-0.2, -0.15) is 0 Å². The van der Waals surface area contributed by atoms with Gasteiger partial charge in [-0.15, -0.1) is 0 Å². The number of esters is 1. The van der Waals surface area contributed by atoms with Gasteiger partial charge in [0.15, 0.2) is 12.6 Å². The van der Waals surface area contributed by atoms with Crippen LogP contribution in [0.1, 0.15) is 88.5 Å². The second kappa shape index (κ2) is 16.0. The Hall–Kier alpha value is -1.01. The van der Waals surface area contributed by atoms with Crippen molar-refractivity contribution in [2.45, 2.75) is 178 Å². The van der Waals surface area contributed by atoms with Crippen LogP contribution >= 0.6 is 0 Å². The highest BCUT2D eigenvalue weighted by Crippen LogP contribution is 2.51. The maximum Gasteiger partial charge on any atom is 0.311 e. The van der Waals surface area contributed by atoms with Gasteiger partial charge < -0.3 is 63.8 Å². The molecule has 0 aromatic carbocycles. The lowest BCUT2D eigenvalue weighted by Crippen LogP contribution is -2.61. The van der Waals surface area contributed by atoms with Crippen molar-refractivity contribution in [2.24, 2.45) is 17.8 Å². The van der Waals surface area contributed by atoms with Crippen LogP contribution in [0.2, 0.25) is 0 Å². The van der Waals surface area contributed by atoms with Crippen molar-refractivity contribution in [1.29, 1.82) is 0 Å². The minimum absolute atomic E-state index is 0.138. The van der Waals surface area contributed by atoms with Crippen molar-refractivity contribution in [3.8, 4) is 0 Å². The number of aliphatic hydroxyl groups excluding tert-OH is 2. The third-order valence-electron chi connectivity index (χ3n) is 12.4. The molecule has 0 radical (unpaired) electrons. The van der Waals surface area contributed by atoms with Crippen LogP contribution in [-0.4, -0.2) is 155 Å². The number of ether oxygens (including phenoxy) is 7. The third kappa shape index (κ3) is 8.78. The topological polar surface area (TPSA) is 181 Å². The van der Waals surface area contributed by atoms with Crippen molar-refractivity contribution >= 4 is 5.97 Å². The molecule has 4 saturated heterocycles. The number of hydrogen-bond acceptors (Lipinski definition) is 14. The molecule has 5 N–H and O–H groups in total. The molecule has 4 aliphatic heterocycles. The summed E-state index contributed by atoms with van der Waals surface area (Å²) in [5.41, 5.74) is -4.69. The van der Waals surface area contributed by atoms with Crippen molar-refractivity contribution in [3.05, 3.63) is 0 Å². The molecular formula is C37H68N2O12. The van der Waals surface area contributed by atoms with Gasteiger partial charge in [0.1, 0.15) is 35.1 Å². The monoisotopic (exact) mass is 732 g/mol. The molecule has 0 aromatic rings. The summed E-state index contributed by atoms with van der Waals surface area (Å²) in [5, 5.41) is 49.8. The van der Waals surface area contributed by atoms with Crippen LogP contribution in [0.15, 0.2) is 0 Å². The standard InChI is InChI=1S/C37H68N2O12/c1-19-15-34(8,43)31(51-33-28(40)26(39(11)12)14-20(2)47-33)21(3)29(50-27-16-35(9,45-13)37(18-46-37)25(7)48-27)22(4)32(42)49-24(6)36(10,44)30(41)23(5)38-17-19/h19-31,33,38,40-41,43-44H,14-18H2,1-13H3/t19-,20-,21+,22-,23-,24-,25+,26+,27+,28-,29+,30-,31-,33+,34-,35-,36-,37+/m1/s1.